The van der Waals surface area contributed by atoms with Crippen molar-refractivity contribution in [3.8, 4) is 5.75 Å². The molecule has 0 radical (unpaired) electrons. The number of hydrogen-bond acceptors (Lipinski definition) is 9. The van der Waals surface area contributed by atoms with E-state index in [-0.39, 0.29) is 42.4 Å². The Hall–Kier alpha value is -4.32. The van der Waals surface area contributed by atoms with Gasteiger partial charge in [0.25, 0.3) is 11.8 Å². The number of amides is 2. The Labute approximate surface area is 297 Å². The summed E-state index contributed by atoms with van der Waals surface area (Å²) >= 11 is 0. The van der Waals surface area contributed by atoms with Crippen LogP contribution in [0.1, 0.15) is 80.6 Å². The van der Waals surface area contributed by atoms with Crippen LogP contribution in [0, 0.1) is 28.6 Å². The molecule has 0 spiro atoms. The molecule has 8 atom stereocenters. The van der Waals surface area contributed by atoms with Crippen molar-refractivity contribution in [1.82, 2.24) is 10.7 Å². The number of rotatable bonds is 8. The number of esters is 1. The second-order valence-corrected chi connectivity index (χ2v) is 15.4. The van der Waals surface area contributed by atoms with Crippen LogP contribution in [0.25, 0.3) is 6.08 Å². The van der Waals surface area contributed by atoms with Crippen molar-refractivity contribution in [3.63, 3.8) is 0 Å². The molecule has 4 saturated carbocycles. The molecule has 2 aromatic carbocycles. The fourth-order valence-electron chi connectivity index (χ4n) is 10.4. The first-order valence-corrected chi connectivity index (χ1v) is 18.0. The fourth-order valence-corrected chi connectivity index (χ4v) is 10.4. The predicted octanol–water partition coefficient (Wildman–Crippen LogP) is 4.28. The number of fused-ring (bicyclic) bond motifs is 5. The van der Waals surface area contributed by atoms with E-state index in [1.807, 2.05) is 0 Å². The molecular weight excluding hydrogens is 650 g/mol. The molecule has 7 rings (SSSR count). The lowest BCUT2D eigenvalue weighted by Crippen LogP contribution is -2.68. The lowest BCUT2D eigenvalue weighted by Gasteiger charge is -2.65. The second kappa shape index (κ2) is 13.3. The van der Waals surface area contributed by atoms with Crippen molar-refractivity contribution in [2.75, 3.05) is 13.7 Å². The zero-order valence-electron chi connectivity index (χ0n) is 29.1. The topological polar surface area (TPSA) is 167 Å². The number of nitrogens with one attached hydrogen (secondary N) is 2. The van der Waals surface area contributed by atoms with Crippen molar-refractivity contribution in [1.29, 1.82) is 0 Å². The third-order valence-electron chi connectivity index (χ3n) is 13.1. The first-order chi connectivity index (χ1) is 24.4. The summed E-state index contributed by atoms with van der Waals surface area (Å²) in [5, 5.41) is 43.0. The number of nitrogens with zero attached hydrogens (tertiary/aromatic N) is 1. The largest absolute Gasteiger partial charge is 0.497 e. The SMILES string of the molecule is COc1ccc(C=C(NC(=O)c2ccccc2)C(=O)NN=CC23CC[C@@H](O)CC2(O)CC[C@@H]2[C@@H]3CCC3(C)C(C4=CC(=O)OC4)CCC23O)cc1. The van der Waals surface area contributed by atoms with Gasteiger partial charge in [0.05, 0.1) is 24.4 Å². The Kier molecular flexibility index (Phi) is 9.18. The van der Waals surface area contributed by atoms with Crippen molar-refractivity contribution in [2.24, 2.45) is 33.7 Å². The van der Waals surface area contributed by atoms with E-state index in [1.54, 1.807) is 80.1 Å². The zero-order chi connectivity index (χ0) is 36.0. The molecule has 5 N–H and O–H groups in total. The molecule has 51 heavy (non-hydrogen) atoms. The summed E-state index contributed by atoms with van der Waals surface area (Å²) < 4.78 is 10.5. The molecule has 2 amide bonds. The summed E-state index contributed by atoms with van der Waals surface area (Å²) in [7, 11) is 1.56. The van der Waals surface area contributed by atoms with Crippen LogP contribution >= 0.6 is 0 Å². The van der Waals surface area contributed by atoms with Crippen LogP contribution in [0.5, 0.6) is 5.75 Å². The van der Waals surface area contributed by atoms with Gasteiger partial charge < -0.3 is 30.1 Å². The van der Waals surface area contributed by atoms with Gasteiger partial charge in [-0.15, -0.1) is 0 Å². The smallest absolute Gasteiger partial charge is 0.331 e. The van der Waals surface area contributed by atoms with Gasteiger partial charge in [-0.05, 0) is 111 Å². The fraction of sp³-hybridized carbons (Fsp3) is 0.500. The van der Waals surface area contributed by atoms with Crippen LogP contribution in [0.15, 0.2) is 77.0 Å². The number of carbonyl (C=O) groups is 3. The third-order valence-corrected chi connectivity index (χ3v) is 13.1. The Balaban J connectivity index is 1.18. The first kappa shape index (κ1) is 35.1. The van der Waals surface area contributed by atoms with Gasteiger partial charge in [0.2, 0.25) is 0 Å². The van der Waals surface area contributed by atoms with E-state index in [9.17, 15) is 29.7 Å². The second-order valence-electron chi connectivity index (χ2n) is 15.4. The van der Waals surface area contributed by atoms with Crippen molar-refractivity contribution in [2.45, 2.75) is 82.0 Å². The molecule has 1 aliphatic heterocycles. The highest BCUT2D eigenvalue weighted by Gasteiger charge is 2.71. The third kappa shape index (κ3) is 5.98. The standard InChI is InChI=1S/C40H47N3O8/c1-37-16-13-31-32(40(37,49)19-15-30(37)27-21-34(45)51-23-27)14-18-39(48)22-28(44)12-17-38(31,39)24-41-43-36(47)33(20-25-8-10-29(50-2)11-9-25)42-35(46)26-6-4-3-5-7-26/h3-11,20-21,24,28,30-32,44,48-49H,12-19,22-23H2,1-2H3,(H,42,46)(H,43,47)/t28-,30?,31+,32-,37?,38?,39?,40?/m1/s1. The lowest BCUT2D eigenvalue weighted by molar-refractivity contribution is -0.237. The maximum absolute atomic E-state index is 13.8. The van der Waals surface area contributed by atoms with Crippen LogP contribution in [-0.4, -0.2) is 70.3 Å². The van der Waals surface area contributed by atoms with E-state index >= 15 is 0 Å². The molecule has 5 unspecified atom stereocenters. The normalized spacial score (nSPS) is 36.0. The van der Waals surface area contributed by atoms with Gasteiger partial charge in [0, 0.05) is 35.1 Å². The van der Waals surface area contributed by atoms with Crippen molar-refractivity contribution in [3.05, 3.63) is 83.1 Å². The number of hydrazone groups is 1. The summed E-state index contributed by atoms with van der Waals surface area (Å²) in [6.45, 7) is 2.40. The highest BCUT2D eigenvalue weighted by atomic mass is 16.5. The summed E-state index contributed by atoms with van der Waals surface area (Å²) in [4.78, 5) is 38.9. The van der Waals surface area contributed by atoms with E-state index in [0.29, 0.717) is 61.8 Å². The minimum atomic E-state index is -1.29. The van der Waals surface area contributed by atoms with Crippen LogP contribution < -0.4 is 15.5 Å². The van der Waals surface area contributed by atoms with E-state index in [1.165, 1.54) is 0 Å². The average molecular weight is 698 g/mol. The molecule has 270 valence electrons. The predicted molar refractivity (Wildman–Crippen MR) is 189 cm³/mol. The molecule has 0 saturated heterocycles. The van der Waals surface area contributed by atoms with Crippen molar-refractivity contribution < 1.29 is 39.2 Å². The van der Waals surface area contributed by atoms with Crippen molar-refractivity contribution >= 4 is 30.1 Å². The summed E-state index contributed by atoms with van der Waals surface area (Å²) in [5.41, 5.74) is 0.863. The highest BCUT2D eigenvalue weighted by Crippen LogP contribution is 2.70. The Morgan fingerprint density at radius 2 is 1.71 bits per heavy atom. The van der Waals surface area contributed by atoms with Gasteiger partial charge in [-0.1, -0.05) is 37.3 Å². The summed E-state index contributed by atoms with van der Waals surface area (Å²) in [6, 6.07) is 15.6. The molecule has 0 bridgehead atoms. The number of benzene rings is 2. The maximum Gasteiger partial charge on any atom is 0.331 e. The van der Waals surface area contributed by atoms with Gasteiger partial charge in [0.1, 0.15) is 18.1 Å². The molecule has 1 heterocycles. The Morgan fingerprint density at radius 1 is 0.961 bits per heavy atom. The average Bonchev–Trinajstić information content (AvgIpc) is 3.67. The van der Waals surface area contributed by atoms with Gasteiger partial charge in [-0.2, -0.15) is 5.10 Å². The Morgan fingerprint density at radius 3 is 2.41 bits per heavy atom. The lowest BCUT2D eigenvalue weighted by atomic mass is 9.41. The molecule has 11 nitrogen and oxygen atoms in total. The number of cyclic esters (lactones) is 1. The molecule has 0 aromatic heterocycles. The Bertz CT molecular complexity index is 1780. The first-order valence-electron chi connectivity index (χ1n) is 18.0. The number of ether oxygens (including phenoxy) is 2. The van der Waals surface area contributed by atoms with E-state index in [4.69, 9.17) is 9.47 Å². The maximum atomic E-state index is 13.8. The van der Waals surface area contributed by atoms with Crippen LogP contribution in [0.3, 0.4) is 0 Å². The van der Waals surface area contributed by atoms with E-state index < -0.39 is 40.0 Å². The van der Waals surface area contributed by atoms with Gasteiger partial charge in [-0.25, -0.2) is 10.2 Å². The molecule has 11 heteroatoms. The molecule has 5 aliphatic rings. The minimum Gasteiger partial charge on any atom is -0.497 e. The van der Waals surface area contributed by atoms with Gasteiger partial charge >= 0.3 is 5.97 Å². The van der Waals surface area contributed by atoms with Gasteiger partial charge in [-0.3, -0.25) is 9.59 Å². The number of aliphatic hydroxyl groups excluding tert-OH is 1. The van der Waals surface area contributed by atoms with Crippen LogP contribution in [0.4, 0.5) is 0 Å². The molecule has 4 aliphatic carbocycles. The molecular formula is C40H47N3O8. The molecule has 2 aromatic rings. The number of aliphatic hydroxyl groups is 3. The van der Waals surface area contributed by atoms with E-state index in [0.717, 1.165) is 12.0 Å². The number of methoxy groups -OCH3 is 1. The van der Waals surface area contributed by atoms with Gasteiger partial charge in [0.15, 0.2) is 0 Å². The zero-order valence-corrected chi connectivity index (χ0v) is 29.1. The van der Waals surface area contributed by atoms with Crippen LogP contribution in [-0.2, 0) is 14.3 Å². The monoisotopic (exact) mass is 697 g/mol. The number of hydrogen-bond donors (Lipinski definition) is 5. The summed E-state index contributed by atoms with van der Waals surface area (Å²) in [5.74, 6) is -1.10. The highest BCUT2D eigenvalue weighted by molar-refractivity contribution is 6.05. The minimum absolute atomic E-state index is 0.0230. The van der Waals surface area contributed by atoms with Crippen LogP contribution in [0.2, 0.25) is 0 Å². The molecule has 4 fully saturated rings. The van der Waals surface area contributed by atoms with E-state index in [2.05, 4.69) is 22.8 Å². The quantitative estimate of drug-likeness (QED) is 0.118. The summed E-state index contributed by atoms with van der Waals surface area (Å²) in [6.07, 6.45) is 8.86. The number of carbonyl (C=O) groups excluding carboxylic acids is 3.